The fourth-order valence-corrected chi connectivity index (χ4v) is 4.37. The number of rotatable bonds is 4. The van der Waals surface area contributed by atoms with Crippen LogP contribution in [-0.2, 0) is 0 Å². The van der Waals surface area contributed by atoms with Gasteiger partial charge >= 0.3 is 0 Å². The number of pyridine rings is 1. The Bertz CT molecular complexity index is 801. The molecule has 2 fully saturated rings. The van der Waals surface area contributed by atoms with E-state index in [2.05, 4.69) is 10.3 Å². The van der Waals surface area contributed by atoms with E-state index in [0.29, 0.717) is 34.6 Å². The molecule has 2 aromatic rings. The molecule has 1 aliphatic heterocycles. The van der Waals surface area contributed by atoms with Gasteiger partial charge in [-0.1, -0.05) is 0 Å². The van der Waals surface area contributed by atoms with E-state index in [0.717, 1.165) is 24.3 Å². The van der Waals surface area contributed by atoms with E-state index in [1.165, 1.54) is 12.1 Å². The molecule has 1 aliphatic carbocycles. The van der Waals surface area contributed by atoms with Gasteiger partial charge in [0.2, 0.25) is 0 Å². The number of nitrogens with one attached hydrogen (secondary N) is 1. The van der Waals surface area contributed by atoms with Crippen molar-refractivity contribution in [3.8, 4) is 0 Å². The highest BCUT2D eigenvalue weighted by Gasteiger charge is 2.32. The van der Waals surface area contributed by atoms with Crippen LogP contribution in [0.5, 0.6) is 0 Å². The van der Waals surface area contributed by atoms with E-state index in [4.69, 9.17) is 0 Å². The Morgan fingerprint density at radius 3 is 2.96 bits per heavy atom. The minimum absolute atomic E-state index is 0.219. The van der Waals surface area contributed by atoms with Crippen molar-refractivity contribution in [2.75, 3.05) is 18.1 Å². The van der Waals surface area contributed by atoms with Gasteiger partial charge < -0.3 is 10.4 Å². The van der Waals surface area contributed by atoms with E-state index in [1.807, 2.05) is 0 Å². The third kappa shape index (κ3) is 3.13. The van der Waals surface area contributed by atoms with Crippen LogP contribution in [0.2, 0.25) is 0 Å². The molecule has 1 unspecified atom stereocenters. The molecule has 126 valence electrons. The van der Waals surface area contributed by atoms with Crippen LogP contribution >= 0.6 is 11.8 Å². The number of hydrogen-bond acceptors (Lipinski definition) is 4. The first-order valence-corrected chi connectivity index (χ1v) is 9.38. The maximum absolute atomic E-state index is 13.6. The monoisotopic (exact) mass is 346 g/mol. The van der Waals surface area contributed by atoms with Gasteiger partial charge in [0.15, 0.2) is 0 Å². The maximum atomic E-state index is 13.6. The molecule has 1 amide bonds. The normalized spacial score (nSPS) is 23.6. The van der Waals surface area contributed by atoms with Gasteiger partial charge in [-0.15, -0.1) is 0 Å². The van der Waals surface area contributed by atoms with E-state index in [9.17, 15) is 14.3 Å². The molecule has 6 heteroatoms. The number of carbonyl (C=O) groups is 1. The van der Waals surface area contributed by atoms with Gasteiger partial charge in [-0.2, -0.15) is 11.8 Å². The lowest BCUT2D eigenvalue weighted by atomic mass is 10.0. The zero-order chi connectivity index (χ0) is 16.7. The topological polar surface area (TPSA) is 62.2 Å². The van der Waals surface area contributed by atoms with Crippen LogP contribution in [0.25, 0.3) is 10.9 Å². The van der Waals surface area contributed by atoms with Gasteiger partial charge in [-0.3, -0.25) is 9.78 Å². The number of benzene rings is 1. The third-order valence-electron chi connectivity index (χ3n) is 4.69. The smallest absolute Gasteiger partial charge is 0.252 e. The molecule has 1 saturated carbocycles. The second-order valence-corrected chi connectivity index (χ2v) is 7.85. The zero-order valence-corrected chi connectivity index (χ0v) is 14.0. The summed E-state index contributed by atoms with van der Waals surface area (Å²) >= 11 is 1.69. The van der Waals surface area contributed by atoms with Crippen LogP contribution in [0.4, 0.5) is 4.39 Å². The average Bonchev–Trinajstić information content (AvgIpc) is 3.34. The lowest BCUT2D eigenvalue weighted by Gasteiger charge is -2.21. The maximum Gasteiger partial charge on any atom is 0.252 e. The molecule has 1 aromatic carbocycles. The van der Waals surface area contributed by atoms with Gasteiger partial charge in [0.05, 0.1) is 16.7 Å². The van der Waals surface area contributed by atoms with Crippen molar-refractivity contribution in [3.63, 3.8) is 0 Å². The molecular weight excluding hydrogens is 327 g/mol. The number of amides is 1. The molecule has 1 aromatic heterocycles. The highest BCUT2D eigenvalue weighted by molar-refractivity contribution is 7.99. The number of nitrogens with zero attached hydrogens (tertiary/aromatic N) is 1. The SMILES string of the molecule is O=C(NCC1(O)CCSC1)c1cc(C2CC2)nc2ccc(F)cc12. The van der Waals surface area contributed by atoms with Crippen LogP contribution in [0.3, 0.4) is 0 Å². The molecule has 0 spiro atoms. The largest absolute Gasteiger partial charge is 0.387 e. The predicted octanol–water partition coefficient (Wildman–Crippen LogP) is 2.85. The minimum Gasteiger partial charge on any atom is -0.387 e. The van der Waals surface area contributed by atoms with E-state index in [-0.39, 0.29) is 18.3 Å². The lowest BCUT2D eigenvalue weighted by molar-refractivity contribution is 0.0613. The highest BCUT2D eigenvalue weighted by Crippen LogP contribution is 2.40. The number of thioether (sulfide) groups is 1. The van der Waals surface area contributed by atoms with Gasteiger partial charge in [-0.25, -0.2) is 4.39 Å². The number of carbonyl (C=O) groups excluding carboxylic acids is 1. The molecule has 2 aliphatic rings. The van der Waals surface area contributed by atoms with Crippen molar-refractivity contribution in [1.82, 2.24) is 10.3 Å². The zero-order valence-electron chi connectivity index (χ0n) is 13.2. The Balaban J connectivity index is 1.65. The second-order valence-electron chi connectivity index (χ2n) is 6.74. The Morgan fingerprint density at radius 1 is 1.42 bits per heavy atom. The summed E-state index contributed by atoms with van der Waals surface area (Å²) in [7, 11) is 0. The highest BCUT2D eigenvalue weighted by atomic mass is 32.2. The number of aromatic nitrogens is 1. The van der Waals surface area contributed by atoms with E-state index < -0.39 is 5.60 Å². The summed E-state index contributed by atoms with van der Waals surface area (Å²) in [5.74, 6) is 1.28. The number of halogens is 1. The summed E-state index contributed by atoms with van der Waals surface area (Å²) in [6, 6.07) is 6.12. The molecule has 0 bridgehead atoms. The van der Waals surface area contributed by atoms with Crippen molar-refractivity contribution < 1.29 is 14.3 Å². The summed E-state index contributed by atoms with van der Waals surface area (Å²) in [5.41, 5.74) is 1.14. The first-order chi connectivity index (χ1) is 11.5. The summed E-state index contributed by atoms with van der Waals surface area (Å²) in [6.45, 7) is 0.219. The molecule has 1 saturated heterocycles. The molecule has 0 radical (unpaired) electrons. The summed E-state index contributed by atoms with van der Waals surface area (Å²) < 4.78 is 13.6. The molecular formula is C18H19FN2O2S. The van der Waals surface area contributed by atoms with Crippen molar-refractivity contribution >= 4 is 28.6 Å². The first-order valence-electron chi connectivity index (χ1n) is 8.23. The molecule has 2 N–H and O–H groups in total. The summed E-state index contributed by atoms with van der Waals surface area (Å²) in [5, 5.41) is 13.7. The van der Waals surface area contributed by atoms with Gasteiger partial charge in [-0.05, 0) is 49.3 Å². The first kappa shape index (κ1) is 15.8. The summed E-state index contributed by atoms with van der Waals surface area (Å²) in [6.07, 6.45) is 2.84. The Hall–Kier alpha value is -1.66. The fourth-order valence-electron chi connectivity index (χ4n) is 3.07. The van der Waals surface area contributed by atoms with Crippen molar-refractivity contribution in [2.24, 2.45) is 0 Å². The van der Waals surface area contributed by atoms with Gasteiger partial charge in [0, 0.05) is 29.3 Å². The second kappa shape index (κ2) is 6.01. The lowest BCUT2D eigenvalue weighted by Crippen LogP contribution is -2.43. The van der Waals surface area contributed by atoms with E-state index in [1.54, 1.807) is 23.9 Å². The molecule has 1 atom stereocenters. The molecule has 24 heavy (non-hydrogen) atoms. The predicted molar refractivity (Wildman–Crippen MR) is 92.9 cm³/mol. The minimum atomic E-state index is -0.840. The Labute approximate surface area is 143 Å². The van der Waals surface area contributed by atoms with Crippen LogP contribution in [0.1, 0.15) is 41.2 Å². The number of fused-ring (bicyclic) bond motifs is 1. The van der Waals surface area contributed by atoms with Gasteiger partial charge in [0.25, 0.3) is 5.91 Å². The fraction of sp³-hybridized carbons (Fsp3) is 0.444. The van der Waals surface area contributed by atoms with Crippen molar-refractivity contribution in [1.29, 1.82) is 0 Å². The van der Waals surface area contributed by atoms with Crippen molar-refractivity contribution in [2.45, 2.75) is 30.8 Å². The van der Waals surface area contributed by atoms with Crippen LogP contribution < -0.4 is 5.32 Å². The van der Waals surface area contributed by atoms with Crippen molar-refractivity contribution in [3.05, 3.63) is 41.3 Å². The Kier molecular flexibility index (Phi) is 3.96. The number of hydrogen-bond donors (Lipinski definition) is 2. The number of aliphatic hydroxyl groups is 1. The van der Waals surface area contributed by atoms with Crippen LogP contribution in [0, 0.1) is 5.82 Å². The van der Waals surface area contributed by atoms with Crippen LogP contribution in [-0.4, -0.2) is 39.6 Å². The molecule has 4 nitrogen and oxygen atoms in total. The molecule has 2 heterocycles. The standard InChI is InChI=1S/C18H19FN2O2S/c19-12-3-4-15-13(7-12)14(8-16(21-15)11-1-2-11)17(22)20-9-18(23)5-6-24-10-18/h3-4,7-8,11,23H,1-2,5-6,9-10H2,(H,20,22). The Morgan fingerprint density at radius 2 is 2.25 bits per heavy atom. The third-order valence-corrected chi connectivity index (χ3v) is 5.93. The van der Waals surface area contributed by atoms with E-state index >= 15 is 0 Å². The molecule has 4 rings (SSSR count). The van der Waals surface area contributed by atoms with Gasteiger partial charge in [0.1, 0.15) is 5.82 Å². The summed E-state index contributed by atoms with van der Waals surface area (Å²) in [4.78, 5) is 17.3. The average molecular weight is 346 g/mol. The van der Waals surface area contributed by atoms with Crippen LogP contribution in [0.15, 0.2) is 24.3 Å². The quantitative estimate of drug-likeness (QED) is 0.894.